The first-order valence-corrected chi connectivity index (χ1v) is 8.58. The third kappa shape index (κ3) is 3.83. The molecule has 0 aromatic carbocycles. The highest BCUT2D eigenvalue weighted by atomic mass is 32.1. The van der Waals surface area contributed by atoms with Crippen molar-refractivity contribution in [3.05, 3.63) is 21.9 Å². The first-order valence-electron chi connectivity index (χ1n) is 7.70. The minimum atomic E-state index is 0.222. The van der Waals surface area contributed by atoms with E-state index < -0.39 is 0 Å². The van der Waals surface area contributed by atoms with Crippen LogP contribution in [0, 0.1) is 5.92 Å². The second-order valence-electron chi connectivity index (χ2n) is 6.03. The van der Waals surface area contributed by atoms with Gasteiger partial charge in [-0.2, -0.15) is 0 Å². The summed E-state index contributed by atoms with van der Waals surface area (Å²) < 4.78 is 0. The van der Waals surface area contributed by atoms with E-state index in [4.69, 9.17) is 0 Å². The Morgan fingerprint density at radius 3 is 2.95 bits per heavy atom. The van der Waals surface area contributed by atoms with E-state index in [2.05, 4.69) is 37.1 Å². The Morgan fingerprint density at radius 2 is 2.35 bits per heavy atom. The van der Waals surface area contributed by atoms with Gasteiger partial charge in [-0.05, 0) is 48.7 Å². The maximum absolute atomic E-state index is 12.8. The van der Waals surface area contributed by atoms with Gasteiger partial charge in [0.2, 0.25) is 0 Å². The molecule has 112 valence electrons. The summed E-state index contributed by atoms with van der Waals surface area (Å²) in [5.74, 6) is 0.727. The Hall–Kier alpha value is -0.870. The number of aryl methyl sites for hydroxylation is 1. The first-order chi connectivity index (χ1) is 9.61. The molecule has 1 amide bonds. The molecule has 1 atom stereocenters. The lowest BCUT2D eigenvalue weighted by Gasteiger charge is -2.27. The van der Waals surface area contributed by atoms with Crippen LogP contribution in [-0.4, -0.2) is 36.5 Å². The Morgan fingerprint density at radius 1 is 1.55 bits per heavy atom. The summed E-state index contributed by atoms with van der Waals surface area (Å²) in [5.41, 5.74) is 1.19. The number of nitrogens with zero attached hydrogens (tertiary/aromatic N) is 1. The molecule has 1 aliphatic rings. The van der Waals surface area contributed by atoms with Crippen molar-refractivity contribution >= 4 is 17.2 Å². The first kappa shape index (κ1) is 15.5. The van der Waals surface area contributed by atoms with Crippen LogP contribution in [0.25, 0.3) is 0 Å². The summed E-state index contributed by atoms with van der Waals surface area (Å²) >= 11 is 1.58. The van der Waals surface area contributed by atoms with Crippen LogP contribution < -0.4 is 5.32 Å². The van der Waals surface area contributed by atoms with Crippen LogP contribution in [0.15, 0.2) is 11.4 Å². The summed E-state index contributed by atoms with van der Waals surface area (Å²) in [5, 5.41) is 5.53. The van der Waals surface area contributed by atoms with E-state index in [0.717, 1.165) is 30.9 Å². The zero-order valence-corrected chi connectivity index (χ0v) is 13.6. The SMILES string of the molecule is CCc1ccsc1C(=O)N(CC(C)C)CC1CCCN1. The Labute approximate surface area is 126 Å². The number of hydrogen-bond acceptors (Lipinski definition) is 3. The van der Waals surface area contributed by atoms with Gasteiger partial charge in [0.25, 0.3) is 5.91 Å². The van der Waals surface area contributed by atoms with Crippen molar-refractivity contribution in [1.82, 2.24) is 10.2 Å². The Kier molecular flexibility index (Phi) is 5.61. The van der Waals surface area contributed by atoms with Crippen LogP contribution >= 0.6 is 11.3 Å². The van der Waals surface area contributed by atoms with E-state index in [0.29, 0.717) is 12.0 Å². The normalized spacial score (nSPS) is 18.7. The summed E-state index contributed by atoms with van der Waals surface area (Å²) in [6, 6.07) is 2.56. The summed E-state index contributed by atoms with van der Waals surface area (Å²) in [7, 11) is 0. The lowest BCUT2D eigenvalue weighted by atomic mass is 10.1. The molecule has 0 bridgehead atoms. The van der Waals surface area contributed by atoms with Gasteiger partial charge in [0.1, 0.15) is 0 Å². The fourth-order valence-electron chi connectivity index (χ4n) is 2.81. The topological polar surface area (TPSA) is 32.3 Å². The number of carbonyl (C=O) groups is 1. The van der Waals surface area contributed by atoms with E-state index in [1.807, 2.05) is 5.38 Å². The molecule has 1 aromatic heterocycles. The van der Waals surface area contributed by atoms with E-state index >= 15 is 0 Å². The molecule has 3 nitrogen and oxygen atoms in total. The molecule has 4 heteroatoms. The highest BCUT2D eigenvalue weighted by Crippen LogP contribution is 2.21. The summed E-state index contributed by atoms with van der Waals surface area (Å²) in [6.07, 6.45) is 3.35. The van der Waals surface area contributed by atoms with Gasteiger partial charge in [-0.1, -0.05) is 20.8 Å². The lowest BCUT2D eigenvalue weighted by molar-refractivity contribution is 0.0725. The molecule has 1 N–H and O–H groups in total. The quantitative estimate of drug-likeness (QED) is 0.874. The fraction of sp³-hybridized carbons (Fsp3) is 0.688. The highest BCUT2D eigenvalue weighted by Gasteiger charge is 2.24. The smallest absolute Gasteiger partial charge is 0.264 e. The number of thiophene rings is 1. The third-order valence-corrected chi connectivity index (χ3v) is 4.74. The largest absolute Gasteiger partial charge is 0.336 e. The molecule has 20 heavy (non-hydrogen) atoms. The third-order valence-electron chi connectivity index (χ3n) is 3.80. The van der Waals surface area contributed by atoms with E-state index in [-0.39, 0.29) is 5.91 Å². The van der Waals surface area contributed by atoms with E-state index in [1.165, 1.54) is 18.4 Å². The molecule has 0 radical (unpaired) electrons. The zero-order valence-electron chi connectivity index (χ0n) is 12.8. The minimum Gasteiger partial charge on any atom is -0.336 e. The number of rotatable bonds is 6. The maximum Gasteiger partial charge on any atom is 0.264 e. The van der Waals surface area contributed by atoms with Crippen LogP contribution in [0.3, 0.4) is 0 Å². The number of carbonyl (C=O) groups excluding carboxylic acids is 1. The van der Waals surface area contributed by atoms with Gasteiger partial charge >= 0.3 is 0 Å². The molecule has 1 saturated heterocycles. The van der Waals surface area contributed by atoms with Crippen molar-refractivity contribution in [1.29, 1.82) is 0 Å². The van der Waals surface area contributed by atoms with Crippen LogP contribution in [0.4, 0.5) is 0 Å². The van der Waals surface area contributed by atoms with Crippen LogP contribution in [0.5, 0.6) is 0 Å². The molecular formula is C16H26N2OS. The van der Waals surface area contributed by atoms with Gasteiger partial charge in [-0.15, -0.1) is 11.3 Å². The van der Waals surface area contributed by atoms with Gasteiger partial charge in [0.15, 0.2) is 0 Å². The number of nitrogens with one attached hydrogen (secondary N) is 1. The van der Waals surface area contributed by atoms with Crippen LogP contribution in [0.2, 0.25) is 0 Å². The maximum atomic E-state index is 12.8. The lowest BCUT2D eigenvalue weighted by Crippen LogP contribution is -2.42. The van der Waals surface area contributed by atoms with Gasteiger partial charge in [-0.25, -0.2) is 0 Å². The second-order valence-corrected chi connectivity index (χ2v) is 6.94. The summed E-state index contributed by atoms with van der Waals surface area (Å²) in [4.78, 5) is 15.8. The number of hydrogen-bond donors (Lipinski definition) is 1. The molecule has 0 saturated carbocycles. The molecule has 2 heterocycles. The van der Waals surface area contributed by atoms with Crippen molar-refractivity contribution in [3.8, 4) is 0 Å². The van der Waals surface area contributed by atoms with Crippen LogP contribution in [-0.2, 0) is 6.42 Å². The van der Waals surface area contributed by atoms with Crippen molar-refractivity contribution in [2.45, 2.75) is 46.1 Å². The Bertz CT molecular complexity index is 435. The summed E-state index contributed by atoms with van der Waals surface area (Å²) in [6.45, 7) is 9.25. The van der Waals surface area contributed by atoms with Crippen molar-refractivity contribution < 1.29 is 4.79 Å². The molecule has 2 rings (SSSR count). The van der Waals surface area contributed by atoms with E-state index in [9.17, 15) is 4.79 Å². The average molecular weight is 294 g/mol. The molecule has 1 fully saturated rings. The fourth-order valence-corrected chi connectivity index (χ4v) is 3.77. The standard InChI is InChI=1S/C16H26N2OS/c1-4-13-7-9-20-15(13)16(19)18(10-12(2)3)11-14-6-5-8-17-14/h7,9,12,14,17H,4-6,8,10-11H2,1-3H3. The predicted octanol–water partition coefficient (Wildman–Crippen LogP) is 3.16. The van der Waals surface area contributed by atoms with Gasteiger partial charge in [-0.3, -0.25) is 4.79 Å². The molecule has 1 aliphatic heterocycles. The molecular weight excluding hydrogens is 268 g/mol. The average Bonchev–Trinajstić information content (AvgIpc) is 3.07. The molecule has 1 unspecified atom stereocenters. The monoisotopic (exact) mass is 294 g/mol. The van der Waals surface area contributed by atoms with E-state index in [1.54, 1.807) is 11.3 Å². The van der Waals surface area contributed by atoms with Crippen molar-refractivity contribution in [2.24, 2.45) is 5.92 Å². The minimum absolute atomic E-state index is 0.222. The second kappa shape index (κ2) is 7.23. The zero-order chi connectivity index (χ0) is 14.5. The van der Waals surface area contributed by atoms with Crippen molar-refractivity contribution in [3.63, 3.8) is 0 Å². The van der Waals surface area contributed by atoms with Gasteiger partial charge in [0, 0.05) is 19.1 Å². The van der Waals surface area contributed by atoms with Gasteiger partial charge in [0.05, 0.1) is 4.88 Å². The number of amides is 1. The Balaban J connectivity index is 2.10. The molecule has 0 spiro atoms. The van der Waals surface area contributed by atoms with Gasteiger partial charge < -0.3 is 10.2 Å². The molecule has 1 aromatic rings. The van der Waals surface area contributed by atoms with Crippen molar-refractivity contribution in [2.75, 3.05) is 19.6 Å². The predicted molar refractivity (Wildman–Crippen MR) is 85.5 cm³/mol. The molecule has 0 aliphatic carbocycles. The van der Waals surface area contributed by atoms with Crippen LogP contribution in [0.1, 0.15) is 48.8 Å². The highest BCUT2D eigenvalue weighted by molar-refractivity contribution is 7.12.